The van der Waals surface area contributed by atoms with E-state index in [1.54, 1.807) is 40.3 Å². The Balaban J connectivity index is 1.51. The summed E-state index contributed by atoms with van der Waals surface area (Å²) in [4.78, 5) is 25.2. The molecule has 180 valence electrons. The topological polar surface area (TPSA) is 99.2 Å². The lowest BCUT2D eigenvalue weighted by molar-refractivity contribution is -0.113. The van der Waals surface area contributed by atoms with E-state index in [4.69, 9.17) is 9.15 Å². The first kappa shape index (κ1) is 24.9. The summed E-state index contributed by atoms with van der Waals surface area (Å²) in [6.07, 6.45) is 1.69. The minimum atomic E-state index is -0.603. The molecule has 4 aromatic rings. The van der Waals surface area contributed by atoms with Gasteiger partial charge >= 0.3 is 5.97 Å². The maximum atomic E-state index is 13.3. The Morgan fingerprint density at radius 1 is 1.29 bits per heavy atom. The Morgan fingerprint density at radius 3 is 2.71 bits per heavy atom. The molecular formula is C23H18BrFN4O4S2. The highest BCUT2D eigenvalue weighted by molar-refractivity contribution is 9.10. The standard InChI is InChI=1S/C23H18BrFN4O4S2/c1-3-10-29-20(16-8-9-17(24)33-16)27-28-23(29)35-12-18(30)26-21-19(22(31)32-2)15(11-34-21)13-4-6-14(25)7-5-13/h3-9,11H,1,10,12H2,2H3,(H,26,30). The van der Waals surface area contributed by atoms with E-state index in [-0.39, 0.29) is 23.0 Å². The van der Waals surface area contributed by atoms with Crippen molar-refractivity contribution in [3.63, 3.8) is 0 Å². The average Bonchev–Trinajstić information content (AvgIpc) is 3.57. The summed E-state index contributed by atoms with van der Waals surface area (Å²) in [5.74, 6) is -0.287. The van der Waals surface area contributed by atoms with Crippen molar-refractivity contribution in [1.29, 1.82) is 0 Å². The van der Waals surface area contributed by atoms with Crippen molar-refractivity contribution in [2.45, 2.75) is 11.7 Å². The van der Waals surface area contributed by atoms with Crippen molar-refractivity contribution in [3.8, 4) is 22.7 Å². The molecule has 1 aromatic carbocycles. The molecular weight excluding hydrogens is 559 g/mol. The van der Waals surface area contributed by atoms with E-state index in [9.17, 15) is 14.0 Å². The largest absolute Gasteiger partial charge is 0.465 e. The van der Waals surface area contributed by atoms with Crippen LogP contribution in [0.4, 0.5) is 9.39 Å². The number of allylic oxidation sites excluding steroid dienone is 1. The lowest BCUT2D eigenvalue weighted by atomic mass is 10.0. The van der Waals surface area contributed by atoms with Gasteiger partial charge in [-0.2, -0.15) is 0 Å². The minimum Gasteiger partial charge on any atom is -0.465 e. The summed E-state index contributed by atoms with van der Waals surface area (Å²) in [5.41, 5.74) is 1.39. The average molecular weight is 577 g/mol. The van der Waals surface area contributed by atoms with Crippen LogP contribution in [0.3, 0.4) is 0 Å². The molecule has 0 bridgehead atoms. The van der Waals surface area contributed by atoms with E-state index in [2.05, 4.69) is 38.0 Å². The summed E-state index contributed by atoms with van der Waals surface area (Å²) in [5, 5.41) is 13.7. The second-order valence-electron chi connectivity index (χ2n) is 7.00. The number of rotatable bonds is 9. The highest BCUT2D eigenvalue weighted by Crippen LogP contribution is 2.36. The molecule has 35 heavy (non-hydrogen) atoms. The molecule has 4 rings (SSSR count). The molecule has 0 unspecified atom stereocenters. The molecule has 8 nitrogen and oxygen atoms in total. The Morgan fingerprint density at radius 2 is 2.06 bits per heavy atom. The zero-order chi connectivity index (χ0) is 24.9. The fourth-order valence-electron chi connectivity index (χ4n) is 3.20. The number of methoxy groups -OCH3 is 1. The molecule has 0 aliphatic rings. The zero-order valence-corrected chi connectivity index (χ0v) is 21.5. The van der Waals surface area contributed by atoms with Gasteiger partial charge in [0.25, 0.3) is 0 Å². The molecule has 0 fully saturated rings. The van der Waals surface area contributed by atoms with E-state index in [1.807, 2.05) is 0 Å². The zero-order valence-electron chi connectivity index (χ0n) is 18.3. The van der Waals surface area contributed by atoms with Crippen LogP contribution in [0.5, 0.6) is 0 Å². The van der Waals surface area contributed by atoms with Gasteiger partial charge in [-0.1, -0.05) is 30.0 Å². The number of nitrogens with one attached hydrogen (secondary N) is 1. The molecule has 0 saturated heterocycles. The highest BCUT2D eigenvalue weighted by Gasteiger charge is 2.23. The maximum absolute atomic E-state index is 13.3. The van der Waals surface area contributed by atoms with Gasteiger partial charge in [0.1, 0.15) is 16.4 Å². The molecule has 3 aromatic heterocycles. The Kier molecular flexibility index (Phi) is 7.83. The maximum Gasteiger partial charge on any atom is 0.341 e. The van der Waals surface area contributed by atoms with Crippen LogP contribution in [0.2, 0.25) is 0 Å². The van der Waals surface area contributed by atoms with E-state index in [0.717, 1.165) is 0 Å². The Labute approximate surface area is 216 Å². The van der Waals surface area contributed by atoms with Gasteiger partial charge in [-0.15, -0.1) is 28.1 Å². The van der Waals surface area contributed by atoms with Gasteiger partial charge in [-0.3, -0.25) is 9.36 Å². The van der Waals surface area contributed by atoms with Crippen molar-refractivity contribution in [3.05, 3.63) is 70.5 Å². The van der Waals surface area contributed by atoms with Crippen molar-refractivity contribution in [1.82, 2.24) is 14.8 Å². The van der Waals surface area contributed by atoms with Gasteiger partial charge in [0.2, 0.25) is 11.7 Å². The molecule has 0 spiro atoms. The molecule has 12 heteroatoms. The molecule has 0 aliphatic heterocycles. The number of esters is 1. The summed E-state index contributed by atoms with van der Waals surface area (Å²) in [6, 6.07) is 9.25. The SMILES string of the molecule is C=CCn1c(SCC(=O)Nc2scc(-c3ccc(F)cc3)c2C(=O)OC)nnc1-c1ccc(Br)o1. The number of thiophene rings is 1. The lowest BCUT2D eigenvalue weighted by Gasteiger charge is -2.08. The van der Waals surface area contributed by atoms with Gasteiger partial charge in [-0.25, -0.2) is 9.18 Å². The predicted molar refractivity (Wildman–Crippen MR) is 136 cm³/mol. The van der Waals surface area contributed by atoms with Crippen LogP contribution < -0.4 is 5.32 Å². The fourth-order valence-corrected chi connectivity index (χ4v) is 5.22. The number of hydrogen-bond acceptors (Lipinski definition) is 8. The first-order valence-electron chi connectivity index (χ1n) is 10.1. The second-order valence-corrected chi connectivity index (χ2v) is 9.60. The van der Waals surface area contributed by atoms with Crippen LogP contribution in [-0.4, -0.2) is 39.5 Å². The summed E-state index contributed by atoms with van der Waals surface area (Å²) in [6.45, 7) is 4.19. The second kappa shape index (κ2) is 11.0. The van der Waals surface area contributed by atoms with Crippen molar-refractivity contribution in [2.24, 2.45) is 0 Å². The summed E-state index contributed by atoms with van der Waals surface area (Å²) >= 11 is 5.64. The third-order valence-corrected chi connectivity index (χ3v) is 7.03. The first-order valence-corrected chi connectivity index (χ1v) is 12.7. The van der Waals surface area contributed by atoms with E-state index < -0.39 is 5.97 Å². The summed E-state index contributed by atoms with van der Waals surface area (Å²) < 4.78 is 26.2. The predicted octanol–water partition coefficient (Wildman–Crippen LogP) is 5.87. The number of ether oxygens (including phenoxy) is 1. The number of nitrogens with zero attached hydrogens (tertiary/aromatic N) is 3. The number of halogens is 2. The number of hydrogen-bond donors (Lipinski definition) is 1. The third-order valence-electron chi connectivity index (χ3n) is 4.74. The van der Waals surface area contributed by atoms with E-state index >= 15 is 0 Å². The minimum absolute atomic E-state index is 0.0154. The van der Waals surface area contributed by atoms with Crippen LogP contribution in [0.15, 0.2) is 68.7 Å². The smallest absolute Gasteiger partial charge is 0.341 e. The Hall–Kier alpha value is -3.22. The van der Waals surface area contributed by atoms with Crippen LogP contribution in [0.25, 0.3) is 22.7 Å². The fraction of sp³-hybridized carbons (Fsp3) is 0.130. The van der Waals surface area contributed by atoms with E-state index in [1.165, 1.54) is 42.3 Å². The summed E-state index contributed by atoms with van der Waals surface area (Å²) in [7, 11) is 1.26. The Bertz CT molecular complexity index is 1380. The van der Waals surface area contributed by atoms with E-state index in [0.29, 0.717) is 44.1 Å². The highest BCUT2D eigenvalue weighted by atomic mass is 79.9. The number of furan rings is 1. The number of carbonyl (C=O) groups excluding carboxylic acids is 2. The third kappa shape index (κ3) is 5.55. The quantitative estimate of drug-likeness (QED) is 0.151. The number of aromatic nitrogens is 3. The van der Waals surface area contributed by atoms with Crippen LogP contribution in [0, 0.1) is 5.82 Å². The molecule has 0 radical (unpaired) electrons. The number of carbonyl (C=O) groups is 2. The van der Waals surface area contributed by atoms with Gasteiger partial charge in [0.15, 0.2) is 15.6 Å². The normalized spacial score (nSPS) is 10.8. The molecule has 0 atom stereocenters. The molecule has 0 aliphatic carbocycles. The molecule has 0 saturated carbocycles. The van der Waals surface area contributed by atoms with Crippen LogP contribution in [0.1, 0.15) is 10.4 Å². The molecule has 1 N–H and O–H groups in total. The van der Waals surface area contributed by atoms with Crippen molar-refractivity contribution < 1.29 is 23.1 Å². The van der Waals surface area contributed by atoms with Gasteiger partial charge in [0, 0.05) is 17.5 Å². The number of thioether (sulfide) groups is 1. The van der Waals surface area contributed by atoms with Crippen molar-refractivity contribution in [2.75, 3.05) is 18.2 Å². The van der Waals surface area contributed by atoms with Gasteiger partial charge < -0.3 is 14.5 Å². The lowest BCUT2D eigenvalue weighted by Crippen LogP contribution is -2.16. The van der Waals surface area contributed by atoms with Crippen LogP contribution in [-0.2, 0) is 16.1 Å². The number of anilines is 1. The monoisotopic (exact) mass is 576 g/mol. The molecule has 3 heterocycles. The number of benzene rings is 1. The van der Waals surface area contributed by atoms with Crippen molar-refractivity contribution >= 4 is 55.9 Å². The first-order chi connectivity index (χ1) is 16.9. The number of amides is 1. The van der Waals surface area contributed by atoms with Gasteiger partial charge in [-0.05, 0) is 45.8 Å². The molecule has 1 amide bonds. The van der Waals surface area contributed by atoms with Crippen LogP contribution >= 0.6 is 39.0 Å². The van der Waals surface area contributed by atoms with Gasteiger partial charge in [0.05, 0.1) is 12.9 Å².